The van der Waals surface area contributed by atoms with Crippen LogP contribution in [0.1, 0.15) is 23.2 Å². The van der Waals surface area contributed by atoms with E-state index in [2.05, 4.69) is 26.5 Å². The van der Waals surface area contributed by atoms with Crippen molar-refractivity contribution in [3.63, 3.8) is 0 Å². The first-order chi connectivity index (χ1) is 13.3. The molecule has 2 aromatic rings. The quantitative estimate of drug-likeness (QED) is 0.896. The van der Waals surface area contributed by atoms with Gasteiger partial charge in [-0.25, -0.2) is 0 Å². The maximum atomic E-state index is 12.5. The number of aromatic nitrogens is 2. The molecule has 0 saturated carbocycles. The van der Waals surface area contributed by atoms with Crippen molar-refractivity contribution in [3.8, 4) is 5.75 Å². The van der Waals surface area contributed by atoms with Crippen LogP contribution in [0.25, 0.3) is 0 Å². The van der Waals surface area contributed by atoms with E-state index in [4.69, 9.17) is 4.74 Å². The van der Waals surface area contributed by atoms with Crippen LogP contribution >= 0.6 is 0 Å². The third-order valence-electron chi connectivity index (χ3n) is 5.90. The molecule has 1 fully saturated rings. The molecule has 1 saturated heterocycles. The molecule has 27 heavy (non-hydrogen) atoms. The van der Waals surface area contributed by atoms with E-state index >= 15 is 0 Å². The van der Waals surface area contributed by atoms with Gasteiger partial charge >= 0.3 is 0 Å². The number of anilines is 1. The molecule has 1 amide bonds. The van der Waals surface area contributed by atoms with Gasteiger partial charge in [-0.2, -0.15) is 5.10 Å². The standard InChI is InChI=1S/C21H24N4O2/c26-21(17-8-16-4-1-2-7-19(16)27-13-17)22-10-14-11-25(12-14)20-9-15-5-3-6-18(15)23-24-20/h1-2,4,7,9,14,17H,3,5-6,8,10-13H2,(H,22,26). The molecule has 2 aliphatic heterocycles. The molecule has 0 bridgehead atoms. The summed E-state index contributed by atoms with van der Waals surface area (Å²) in [6.45, 7) is 3.03. The number of nitrogens with zero attached hydrogens (tertiary/aromatic N) is 3. The summed E-state index contributed by atoms with van der Waals surface area (Å²) in [6.07, 6.45) is 4.13. The van der Waals surface area contributed by atoms with E-state index in [1.54, 1.807) is 0 Å². The molecular formula is C21H24N4O2. The number of carbonyl (C=O) groups excluding carboxylic acids is 1. The second-order valence-electron chi connectivity index (χ2n) is 7.86. The second-order valence-corrected chi connectivity index (χ2v) is 7.86. The van der Waals surface area contributed by atoms with Crippen molar-refractivity contribution in [2.45, 2.75) is 25.7 Å². The number of benzene rings is 1. The zero-order valence-corrected chi connectivity index (χ0v) is 15.4. The number of amides is 1. The summed E-state index contributed by atoms with van der Waals surface area (Å²) in [6, 6.07) is 10.2. The minimum Gasteiger partial charge on any atom is -0.492 e. The Hall–Kier alpha value is -2.63. The van der Waals surface area contributed by atoms with Gasteiger partial charge in [-0.1, -0.05) is 18.2 Å². The number of fused-ring (bicyclic) bond motifs is 2. The van der Waals surface area contributed by atoms with Gasteiger partial charge < -0.3 is 15.0 Å². The van der Waals surface area contributed by atoms with Gasteiger partial charge in [0.15, 0.2) is 5.82 Å². The smallest absolute Gasteiger partial charge is 0.226 e. The molecule has 5 rings (SSSR count). The van der Waals surface area contributed by atoms with Crippen molar-refractivity contribution >= 4 is 11.7 Å². The first-order valence-corrected chi connectivity index (χ1v) is 9.85. The number of ether oxygens (including phenoxy) is 1. The molecule has 0 spiro atoms. The fourth-order valence-corrected chi connectivity index (χ4v) is 4.24. The number of carbonyl (C=O) groups is 1. The van der Waals surface area contributed by atoms with Crippen LogP contribution in [0.15, 0.2) is 30.3 Å². The highest BCUT2D eigenvalue weighted by atomic mass is 16.5. The van der Waals surface area contributed by atoms with Gasteiger partial charge in [0.2, 0.25) is 5.91 Å². The van der Waals surface area contributed by atoms with E-state index in [9.17, 15) is 4.79 Å². The van der Waals surface area contributed by atoms with Gasteiger partial charge in [0, 0.05) is 25.6 Å². The van der Waals surface area contributed by atoms with E-state index in [1.165, 1.54) is 17.7 Å². The molecule has 1 aliphatic carbocycles. The minimum absolute atomic E-state index is 0.0975. The lowest BCUT2D eigenvalue weighted by atomic mass is 9.95. The molecule has 3 heterocycles. The van der Waals surface area contributed by atoms with Crippen molar-refractivity contribution in [3.05, 3.63) is 47.2 Å². The lowest BCUT2D eigenvalue weighted by Gasteiger charge is -2.40. The molecule has 1 aromatic carbocycles. The van der Waals surface area contributed by atoms with Crippen LogP contribution in [-0.4, -0.2) is 42.3 Å². The summed E-state index contributed by atoms with van der Waals surface area (Å²) in [5.74, 6) is 2.36. The Labute approximate surface area is 158 Å². The Morgan fingerprint density at radius 3 is 3.00 bits per heavy atom. The Morgan fingerprint density at radius 1 is 1.19 bits per heavy atom. The van der Waals surface area contributed by atoms with Gasteiger partial charge in [-0.05, 0) is 48.9 Å². The molecule has 6 nitrogen and oxygen atoms in total. The van der Waals surface area contributed by atoms with Crippen molar-refractivity contribution < 1.29 is 9.53 Å². The van der Waals surface area contributed by atoms with E-state index in [0.717, 1.165) is 49.5 Å². The highest BCUT2D eigenvalue weighted by Crippen LogP contribution is 2.28. The summed E-state index contributed by atoms with van der Waals surface area (Å²) in [5.41, 5.74) is 3.64. The van der Waals surface area contributed by atoms with Crippen molar-refractivity contribution in [1.82, 2.24) is 15.5 Å². The first kappa shape index (κ1) is 16.5. The Bertz CT molecular complexity index is 863. The molecular weight excluding hydrogens is 340 g/mol. The van der Waals surface area contributed by atoms with Gasteiger partial charge in [0.1, 0.15) is 12.4 Å². The number of rotatable bonds is 4. The lowest BCUT2D eigenvalue weighted by Crippen LogP contribution is -2.52. The third kappa shape index (κ3) is 3.24. The monoisotopic (exact) mass is 364 g/mol. The minimum atomic E-state index is -0.0985. The van der Waals surface area contributed by atoms with Crippen LogP contribution in [0.2, 0.25) is 0 Å². The van der Waals surface area contributed by atoms with E-state index in [1.807, 2.05) is 24.3 Å². The topological polar surface area (TPSA) is 67.4 Å². The number of hydrogen-bond acceptors (Lipinski definition) is 5. The van der Waals surface area contributed by atoms with Gasteiger partial charge in [-0.3, -0.25) is 4.79 Å². The molecule has 6 heteroatoms. The van der Waals surface area contributed by atoms with E-state index < -0.39 is 0 Å². The molecule has 1 unspecified atom stereocenters. The molecule has 140 valence electrons. The maximum Gasteiger partial charge on any atom is 0.226 e. The first-order valence-electron chi connectivity index (χ1n) is 9.85. The Kier molecular flexibility index (Phi) is 4.19. The molecule has 3 aliphatic rings. The fraction of sp³-hybridized carbons (Fsp3) is 0.476. The van der Waals surface area contributed by atoms with Crippen molar-refractivity contribution in [1.29, 1.82) is 0 Å². The SMILES string of the molecule is O=C(NCC1CN(c2cc3c(nn2)CCC3)C1)C1COc2ccccc2C1. The predicted octanol–water partition coefficient (Wildman–Crippen LogP) is 1.77. The molecule has 0 radical (unpaired) electrons. The third-order valence-corrected chi connectivity index (χ3v) is 5.90. The van der Waals surface area contributed by atoms with E-state index in [-0.39, 0.29) is 11.8 Å². The van der Waals surface area contributed by atoms with Crippen LogP contribution in [0, 0.1) is 11.8 Å². The van der Waals surface area contributed by atoms with Crippen LogP contribution < -0.4 is 15.0 Å². The normalized spacial score (nSPS) is 21.0. The van der Waals surface area contributed by atoms with E-state index in [0.29, 0.717) is 19.1 Å². The molecule has 1 atom stereocenters. The summed E-state index contributed by atoms with van der Waals surface area (Å²) in [7, 11) is 0. The predicted molar refractivity (Wildman–Crippen MR) is 102 cm³/mol. The average molecular weight is 364 g/mol. The number of para-hydroxylation sites is 1. The summed E-state index contributed by atoms with van der Waals surface area (Å²) in [4.78, 5) is 14.8. The van der Waals surface area contributed by atoms with Gasteiger partial charge in [-0.15, -0.1) is 5.10 Å². The molecule has 1 aromatic heterocycles. The number of nitrogens with one attached hydrogen (secondary N) is 1. The Morgan fingerprint density at radius 2 is 2.07 bits per heavy atom. The summed E-state index contributed by atoms with van der Waals surface area (Å²) in [5, 5.41) is 11.9. The van der Waals surface area contributed by atoms with Crippen LogP contribution in [0.3, 0.4) is 0 Å². The van der Waals surface area contributed by atoms with Crippen LogP contribution in [-0.2, 0) is 24.1 Å². The lowest BCUT2D eigenvalue weighted by molar-refractivity contribution is -0.126. The zero-order chi connectivity index (χ0) is 18.2. The van der Waals surface area contributed by atoms with Gasteiger partial charge in [0.05, 0.1) is 11.6 Å². The van der Waals surface area contributed by atoms with Crippen molar-refractivity contribution in [2.75, 3.05) is 31.1 Å². The number of aryl methyl sites for hydroxylation is 2. The van der Waals surface area contributed by atoms with Gasteiger partial charge in [0.25, 0.3) is 0 Å². The highest BCUT2D eigenvalue weighted by molar-refractivity contribution is 5.79. The molecule has 1 N–H and O–H groups in total. The van der Waals surface area contributed by atoms with Crippen LogP contribution in [0.5, 0.6) is 5.75 Å². The van der Waals surface area contributed by atoms with Crippen LogP contribution in [0.4, 0.5) is 5.82 Å². The van der Waals surface area contributed by atoms with Crippen molar-refractivity contribution in [2.24, 2.45) is 11.8 Å². The summed E-state index contributed by atoms with van der Waals surface area (Å²) < 4.78 is 5.73. The fourth-order valence-electron chi connectivity index (χ4n) is 4.24. The largest absolute Gasteiger partial charge is 0.492 e. The average Bonchev–Trinajstić information content (AvgIpc) is 3.14. The maximum absolute atomic E-state index is 12.5. The summed E-state index contributed by atoms with van der Waals surface area (Å²) >= 11 is 0. The zero-order valence-electron chi connectivity index (χ0n) is 15.4. The number of hydrogen-bond donors (Lipinski definition) is 1. The Balaban J connectivity index is 1.10. The highest BCUT2D eigenvalue weighted by Gasteiger charge is 2.31. The second kappa shape index (κ2) is 6.83.